The second-order valence-corrected chi connectivity index (χ2v) is 7.85. The largest absolute Gasteiger partial charge is 0.367 e. The first kappa shape index (κ1) is 16.1. The fourth-order valence-electron chi connectivity index (χ4n) is 4.66. The van der Waals surface area contributed by atoms with E-state index in [0.29, 0.717) is 31.7 Å². The highest BCUT2D eigenvalue weighted by atomic mass is 16.5. The van der Waals surface area contributed by atoms with E-state index in [-0.39, 0.29) is 11.9 Å². The van der Waals surface area contributed by atoms with Crippen molar-refractivity contribution in [3.8, 4) is 0 Å². The van der Waals surface area contributed by atoms with Gasteiger partial charge in [0.15, 0.2) is 0 Å². The van der Waals surface area contributed by atoms with E-state index in [4.69, 9.17) is 4.74 Å². The van der Waals surface area contributed by atoms with E-state index in [1.807, 2.05) is 24.3 Å². The van der Waals surface area contributed by atoms with Gasteiger partial charge in [-0.15, -0.1) is 0 Å². The zero-order valence-corrected chi connectivity index (χ0v) is 14.7. The third-order valence-electron chi connectivity index (χ3n) is 6.06. The number of amides is 1. The molecule has 6 nitrogen and oxygen atoms in total. The monoisotopic (exact) mass is 332 g/mol. The average Bonchev–Trinajstić information content (AvgIpc) is 3.20. The van der Waals surface area contributed by atoms with Gasteiger partial charge >= 0.3 is 0 Å². The van der Waals surface area contributed by atoms with Crippen molar-refractivity contribution in [2.45, 2.75) is 56.7 Å². The van der Waals surface area contributed by atoms with E-state index < -0.39 is 5.60 Å². The van der Waals surface area contributed by atoms with Crippen molar-refractivity contribution in [3.63, 3.8) is 0 Å². The van der Waals surface area contributed by atoms with E-state index in [1.54, 1.807) is 4.68 Å². The first-order chi connectivity index (χ1) is 11.5. The van der Waals surface area contributed by atoms with Crippen LogP contribution in [0.2, 0.25) is 0 Å². The molecule has 2 aliphatic heterocycles. The fraction of sp³-hybridized carbons (Fsp3) is 0.778. The Morgan fingerprint density at radius 3 is 3.00 bits per heavy atom. The molecule has 4 rings (SSSR count). The summed E-state index contributed by atoms with van der Waals surface area (Å²) in [5, 5.41) is 7.87. The number of carbonyl (C=O) groups excluding carboxylic acids is 1. The summed E-state index contributed by atoms with van der Waals surface area (Å²) in [6.45, 7) is 3.93. The SMILES string of the molecule is Cn1cc([C@]2(C)CN(C(=O)[C@@H]3C[C@@H]4CCCC[C@@H]4N3)CCO2)cn1. The van der Waals surface area contributed by atoms with Gasteiger partial charge in [0.25, 0.3) is 0 Å². The standard InChI is InChI=1S/C18H28N4O2/c1-18(14-10-19-21(2)11-14)12-22(7-8-24-18)17(23)16-9-13-5-3-4-6-15(13)20-16/h10-11,13,15-16,20H,3-9,12H2,1-2H3/t13-,15-,16-,18-/m0/s1. The van der Waals surface area contributed by atoms with Crippen LogP contribution >= 0.6 is 0 Å². The minimum Gasteiger partial charge on any atom is -0.367 e. The van der Waals surface area contributed by atoms with Gasteiger partial charge in [-0.25, -0.2) is 0 Å². The summed E-state index contributed by atoms with van der Waals surface area (Å²) in [4.78, 5) is 15.0. The van der Waals surface area contributed by atoms with Crippen LogP contribution in [0.15, 0.2) is 12.4 Å². The highest BCUT2D eigenvalue weighted by Gasteiger charge is 2.43. The summed E-state index contributed by atoms with van der Waals surface area (Å²) in [6, 6.07) is 0.549. The number of morpholine rings is 1. The first-order valence-corrected chi connectivity index (χ1v) is 9.23. The average molecular weight is 332 g/mol. The van der Waals surface area contributed by atoms with Crippen molar-refractivity contribution in [3.05, 3.63) is 18.0 Å². The number of nitrogens with zero attached hydrogens (tertiary/aromatic N) is 3. The van der Waals surface area contributed by atoms with Crippen LogP contribution in [0.4, 0.5) is 0 Å². The van der Waals surface area contributed by atoms with Crippen LogP contribution in [0, 0.1) is 5.92 Å². The van der Waals surface area contributed by atoms with Gasteiger partial charge in [0.05, 0.1) is 25.4 Å². The molecule has 3 heterocycles. The van der Waals surface area contributed by atoms with Gasteiger partial charge in [-0.3, -0.25) is 9.48 Å². The van der Waals surface area contributed by atoms with Crippen LogP contribution in [0.5, 0.6) is 0 Å². The number of hydrogen-bond acceptors (Lipinski definition) is 4. The molecule has 0 radical (unpaired) electrons. The minimum absolute atomic E-state index is 0.00523. The lowest BCUT2D eigenvalue weighted by Crippen LogP contribution is -2.54. The topological polar surface area (TPSA) is 59.4 Å². The second-order valence-electron chi connectivity index (χ2n) is 7.85. The lowest BCUT2D eigenvalue weighted by molar-refractivity contribution is -0.151. The van der Waals surface area contributed by atoms with Crippen LogP contribution in [0.3, 0.4) is 0 Å². The summed E-state index contributed by atoms with van der Waals surface area (Å²) in [5.41, 5.74) is 0.573. The molecule has 1 saturated carbocycles. The van der Waals surface area contributed by atoms with E-state index in [2.05, 4.69) is 17.3 Å². The van der Waals surface area contributed by atoms with Gasteiger partial charge < -0.3 is 15.0 Å². The van der Waals surface area contributed by atoms with Crippen LogP contribution in [0.25, 0.3) is 0 Å². The molecule has 1 aromatic rings. The van der Waals surface area contributed by atoms with Crippen LogP contribution in [0.1, 0.15) is 44.6 Å². The predicted octanol–water partition coefficient (Wildman–Crippen LogP) is 1.41. The molecule has 0 bridgehead atoms. The molecule has 1 aromatic heterocycles. The Hall–Kier alpha value is -1.40. The summed E-state index contributed by atoms with van der Waals surface area (Å²) in [7, 11) is 1.91. The van der Waals surface area contributed by atoms with Crippen molar-refractivity contribution in [1.82, 2.24) is 20.0 Å². The molecule has 0 spiro atoms. The summed E-state index contributed by atoms with van der Waals surface area (Å²) >= 11 is 0. The third kappa shape index (κ3) is 2.86. The zero-order chi connectivity index (χ0) is 16.7. The highest BCUT2D eigenvalue weighted by Crippen LogP contribution is 2.35. The maximum Gasteiger partial charge on any atom is 0.239 e. The summed E-state index contributed by atoms with van der Waals surface area (Å²) < 4.78 is 7.82. The van der Waals surface area contributed by atoms with Crippen molar-refractivity contribution < 1.29 is 9.53 Å². The number of hydrogen-bond donors (Lipinski definition) is 1. The molecule has 0 unspecified atom stereocenters. The third-order valence-corrected chi connectivity index (χ3v) is 6.06. The Balaban J connectivity index is 1.45. The Morgan fingerprint density at radius 1 is 1.42 bits per heavy atom. The normalized spacial score (nSPS) is 36.6. The molecule has 1 amide bonds. The molecule has 3 aliphatic rings. The van der Waals surface area contributed by atoms with Gasteiger partial charge in [-0.2, -0.15) is 5.10 Å². The van der Waals surface area contributed by atoms with Crippen LogP contribution in [-0.2, 0) is 22.2 Å². The molecule has 2 saturated heterocycles. The maximum absolute atomic E-state index is 13.1. The zero-order valence-electron chi connectivity index (χ0n) is 14.7. The minimum atomic E-state index is -0.465. The quantitative estimate of drug-likeness (QED) is 0.890. The predicted molar refractivity (Wildman–Crippen MR) is 90.4 cm³/mol. The molecule has 6 heteroatoms. The molecular weight excluding hydrogens is 304 g/mol. The number of aromatic nitrogens is 2. The number of carbonyl (C=O) groups is 1. The smallest absolute Gasteiger partial charge is 0.239 e. The molecule has 24 heavy (non-hydrogen) atoms. The number of fused-ring (bicyclic) bond motifs is 1. The fourth-order valence-corrected chi connectivity index (χ4v) is 4.66. The molecule has 0 aromatic carbocycles. The van der Waals surface area contributed by atoms with Crippen molar-refractivity contribution in [2.24, 2.45) is 13.0 Å². The molecule has 1 N–H and O–H groups in total. The summed E-state index contributed by atoms with van der Waals surface area (Å²) in [5.74, 6) is 0.946. The van der Waals surface area contributed by atoms with Gasteiger partial charge in [-0.1, -0.05) is 12.8 Å². The molecule has 3 fully saturated rings. The molecule has 132 valence electrons. The molecule has 4 atom stereocenters. The van der Waals surface area contributed by atoms with E-state index in [9.17, 15) is 4.79 Å². The van der Waals surface area contributed by atoms with Gasteiger partial charge in [-0.05, 0) is 32.1 Å². The maximum atomic E-state index is 13.1. The number of rotatable bonds is 2. The molecule has 1 aliphatic carbocycles. The van der Waals surface area contributed by atoms with Crippen molar-refractivity contribution >= 4 is 5.91 Å². The van der Waals surface area contributed by atoms with Crippen molar-refractivity contribution in [2.75, 3.05) is 19.7 Å². The Morgan fingerprint density at radius 2 is 2.25 bits per heavy atom. The number of ether oxygens (including phenoxy) is 1. The lowest BCUT2D eigenvalue weighted by Gasteiger charge is -2.41. The van der Waals surface area contributed by atoms with Crippen molar-refractivity contribution in [1.29, 1.82) is 0 Å². The summed E-state index contributed by atoms with van der Waals surface area (Å²) in [6.07, 6.45) is 9.95. The van der Waals surface area contributed by atoms with Crippen LogP contribution < -0.4 is 5.32 Å². The number of nitrogens with one attached hydrogen (secondary N) is 1. The van der Waals surface area contributed by atoms with E-state index in [1.165, 1.54) is 25.7 Å². The van der Waals surface area contributed by atoms with E-state index in [0.717, 1.165) is 12.0 Å². The van der Waals surface area contributed by atoms with Crippen LogP contribution in [-0.4, -0.2) is 52.4 Å². The Labute approximate surface area is 143 Å². The number of aryl methyl sites for hydroxylation is 1. The van der Waals surface area contributed by atoms with Gasteiger partial charge in [0.1, 0.15) is 5.60 Å². The highest BCUT2D eigenvalue weighted by molar-refractivity contribution is 5.82. The Bertz CT molecular complexity index is 602. The first-order valence-electron chi connectivity index (χ1n) is 9.23. The second kappa shape index (κ2) is 6.15. The Kier molecular flexibility index (Phi) is 4.12. The van der Waals surface area contributed by atoms with Gasteiger partial charge in [0, 0.05) is 31.4 Å². The molecular formula is C18H28N4O2. The lowest BCUT2D eigenvalue weighted by atomic mass is 9.85. The van der Waals surface area contributed by atoms with E-state index >= 15 is 0 Å². The van der Waals surface area contributed by atoms with Gasteiger partial charge in [0.2, 0.25) is 5.91 Å².